The van der Waals surface area contributed by atoms with E-state index in [1.165, 1.54) is 11.1 Å². The van der Waals surface area contributed by atoms with E-state index in [1.807, 2.05) is 6.07 Å². The monoisotopic (exact) mass is 313 g/mol. The number of nitrogens with one attached hydrogen (secondary N) is 1. The summed E-state index contributed by atoms with van der Waals surface area (Å²) in [4.78, 5) is 0. The van der Waals surface area contributed by atoms with Gasteiger partial charge in [0.05, 0.1) is 14.2 Å². The van der Waals surface area contributed by atoms with Crippen molar-refractivity contribution in [3.05, 3.63) is 21.7 Å². The van der Waals surface area contributed by atoms with Crippen molar-refractivity contribution in [2.24, 2.45) is 0 Å². The number of hydrogen-bond donors (Lipinski definition) is 1. The Morgan fingerprint density at radius 1 is 1.39 bits per heavy atom. The maximum atomic E-state index is 5.58. The van der Waals surface area contributed by atoms with Gasteiger partial charge in [0, 0.05) is 16.1 Å². The predicted molar refractivity (Wildman–Crippen MR) is 76.6 cm³/mol. The number of methoxy groups -OCH3 is 2. The van der Waals surface area contributed by atoms with Gasteiger partial charge in [-0.1, -0.05) is 29.3 Å². The van der Waals surface area contributed by atoms with Gasteiger partial charge in [0.2, 0.25) is 0 Å². The van der Waals surface area contributed by atoms with Crippen LogP contribution in [0.2, 0.25) is 0 Å². The molecule has 1 heterocycles. The Kier molecular flexibility index (Phi) is 4.51. The molecule has 1 aromatic carbocycles. The Balaban J connectivity index is 2.57. The summed E-state index contributed by atoms with van der Waals surface area (Å²) < 4.78 is 12.1. The predicted octanol–water partition coefficient (Wildman–Crippen LogP) is 3.45. The molecule has 0 saturated carbocycles. The lowest BCUT2D eigenvalue weighted by molar-refractivity contribution is 0.340. The minimum Gasteiger partial charge on any atom is -0.493 e. The number of halogens is 1. The van der Waals surface area contributed by atoms with E-state index in [2.05, 4.69) is 28.2 Å². The van der Waals surface area contributed by atoms with Crippen molar-refractivity contribution >= 4 is 15.9 Å². The Bertz CT molecular complexity index is 434. The highest BCUT2D eigenvalue weighted by molar-refractivity contribution is 9.10. The van der Waals surface area contributed by atoms with Crippen LogP contribution in [0.1, 0.15) is 36.9 Å². The lowest BCUT2D eigenvalue weighted by Crippen LogP contribution is -2.30. The maximum absolute atomic E-state index is 5.58. The van der Waals surface area contributed by atoms with E-state index in [4.69, 9.17) is 9.47 Å². The third-order valence-corrected chi connectivity index (χ3v) is 4.16. The van der Waals surface area contributed by atoms with Gasteiger partial charge in [0.1, 0.15) is 0 Å². The van der Waals surface area contributed by atoms with Crippen molar-refractivity contribution in [2.45, 2.75) is 32.2 Å². The lowest BCUT2D eigenvalue weighted by atomic mass is 9.90. The first-order chi connectivity index (χ1) is 8.72. The van der Waals surface area contributed by atoms with E-state index < -0.39 is 0 Å². The highest BCUT2D eigenvalue weighted by Crippen LogP contribution is 2.44. The Morgan fingerprint density at radius 2 is 2.17 bits per heavy atom. The standard InChI is InChI=1S/C14H20BrNO2/c1-4-5-11-13-9(6-7-16-11)10(15)8-12(17-2)14(13)18-3/h8,11,16H,4-7H2,1-3H3. The summed E-state index contributed by atoms with van der Waals surface area (Å²) in [5.74, 6) is 1.68. The van der Waals surface area contributed by atoms with Crippen molar-refractivity contribution in [3.8, 4) is 11.5 Å². The van der Waals surface area contributed by atoms with Gasteiger partial charge < -0.3 is 14.8 Å². The summed E-state index contributed by atoms with van der Waals surface area (Å²) in [5.41, 5.74) is 2.61. The van der Waals surface area contributed by atoms with Crippen LogP contribution >= 0.6 is 15.9 Å². The van der Waals surface area contributed by atoms with Gasteiger partial charge in [-0.2, -0.15) is 0 Å². The van der Waals surface area contributed by atoms with Gasteiger partial charge in [-0.25, -0.2) is 0 Å². The molecule has 1 aliphatic rings. The van der Waals surface area contributed by atoms with Crippen LogP contribution in [0, 0.1) is 0 Å². The van der Waals surface area contributed by atoms with Crippen molar-refractivity contribution in [1.82, 2.24) is 5.32 Å². The van der Waals surface area contributed by atoms with Gasteiger partial charge in [0.15, 0.2) is 11.5 Å². The molecule has 1 aromatic rings. The van der Waals surface area contributed by atoms with Crippen molar-refractivity contribution in [1.29, 1.82) is 0 Å². The molecule has 0 aromatic heterocycles. The summed E-state index contributed by atoms with van der Waals surface area (Å²) in [7, 11) is 3.39. The zero-order valence-corrected chi connectivity index (χ0v) is 12.8. The fraction of sp³-hybridized carbons (Fsp3) is 0.571. The van der Waals surface area contributed by atoms with E-state index in [-0.39, 0.29) is 0 Å². The smallest absolute Gasteiger partial charge is 0.165 e. The van der Waals surface area contributed by atoms with Crippen LogP contribution in [0.5, 0.6) is 11.5 Å². The molecule has 1 N–H and O–H groups in total. The first-order valence-corrected chi connectivity index (χ1v) is 7.18. The second-order valence-electron chi connectivity index (χ2n) is 4.53. The van der Waals surface area contributed by atoms with Crippen molar-refractivity contribution < 1.29 is 9.47 Å². The molecular formula is C14H20BrNO2. The van der Waals surface area contributed by atoms with Crippen LogP contribution < -0.4 is 14.8 Å². The SMILES string of the molecule is CCCC1NCCc2c(Br)cc(OC)c(OC)c21. The first-order valence-electron chi connectivity index (χ1n) is 6.39. The average molecular weight is 314 g/mol. The normalized spacial score (nSPS) is 18.3. The van der Waals surface area contributed by atoms with E-state index in [1.54, 1.807) is 14.2 Å². The van der Waals surface area contributed by atoms with Crippen LogP contribution in [0.25, 0.3) is 0 Å². The molecule has 0 aliphatic carbocycles. The van der Waals surface area contributed by atoms with Crippen LogP contribution in [-0.4, -0.2) is 20.8 Å². The number of hydrogen-bond acceptors (Lipinski definition) is 3. The van der Waals surface area contributed by atoms with Gasteiger partial charge >= 0.3 is 0 Å². The Morgan fingerprint density at radius 3 is 2.78 bits per heavy atom. The molecule has 0 bridgehead atoms. The molecular weight excluding hydrogens is 294 g/mol. The summed E-state index contributed by atoms with van der Waals surface area (Å²) in [6.07, 6.45) is 3.29. The molecule has 0 saturated heterocycles. The van der Waals surface area contributed by atoms with E-state index in [0.29, 0.717) is 6.04 Å². The number of rotatable bonds is 4. The van der Waals surface area contributed by atoms with E-state index in [9.17, 15) is 0 Å². The van der Waals surface area contributed by atoms with E-state index in [0.717, 1.165) is 41.8 Å². The average Bonchev–Trinajstić information content (AvgIpc) is 2.39. The molecule has 1 unspecified atom stereocenters. The van der Waals surface area contributed by atoms with Gasteiger partial charge in [-0.15, -0.1) is 0 Å². The lowest BCUT2D eigenvalue weighted by Gasteiger charge is -2.30. The molecule has 100 valence electrons. The van der Waals surface area contributed by atoms with Crippen LogP contribution in [-0.2, 0) is 6.42 Å². The van der Waals surface area contributed by atoms with Crippen molar-refractivity contribution in [3.63, 3.8) is 0 Å². The van der Waals surface area contributed by atoms with Gasteiger partial charge in [-0.05, 0) is 31.0 Å². The second-order valence-corrected chi connectivity index (χ2v) is 5.39. The molecule has 18 heavy (non-hydrogen) atoms. The minimum atomic E-state index is 0.361. The third kappa shape index (κ3) is 2.36. The van der Waals surface area contributed by atoms with Crippen LogP contribution in [0.3, 0.4) is 0 Å². The summed E-state index contributed by atoms with van der Waals surface area (Å²) in [6, 6.07) is 2.37. The molecule has 0 amide bonds. The summed E-state index contributed by atoms with van der Waals surface area (Å²) in [5, 5.41) is 3.57. The number of fused-ring (bicyclic) bond motifs is 1. The molecule has 1 aliphatic heterocycles. The van der Waals surface area contributed by atoms with E-state index >= 15 is 0 Å². The second kappa shape index (κ2) is 5.93. The number of benzene rings is 1. The molecule has 0 spiro atoms. The largest absolute Gasteiger partial charge is 0.493 e. The van der Waals surface area contributed by atoms with Gasteiger partial charge in [-0.3, -0.25) is 0 Å². The molecule has 2 rings (SSSR count). The first kappa shape index (κ1) is 13.7. The quantitative estimate of drug-likeness (QED) is 0.923. The minimum absolute atomic E-state index is 0.361. The molecule has 1 atom stereocenters. The van der Waals surface area contributed by atoms with Crippen LogP contribution in [0.4, 0.5) is 0 Å². The topological polar surface area (TPSA) is 30.5 Å². The fourth-order valence-corrected chi connectivity index (χ4v) is 3.28. The maximum Gasteiger partial charge on any atom is 0.165 e. The zero-order valence-electron chi connectivity index (χ0n) is 11.2. The molecule has 0 radical (unpaired) electrons. The fourth-order valence-electron chi connectivity index (χ4n) is 2.66. The van der Waals surface area contributed by atoms with Gasteiger partial charge in [0.25, 0.3) is 0 Å². The molecule has 0 fully saturated rings. The third-order valence-electron chi connectivity index (χ3n) is 3.46. The summed E-state index contributed by atoms with van der Waals surface area (Å²) in [6.45, 7) is 3.23. The highest BCUT2D eigenvalue weighted by atomic mass is 79.9. The Labute approximate surface area is 117 Å². The van der Waals surface area contributed by atoms with Crippen molar-refractivity contribution in [2.75, 3.05) is 20.8 Å². The number of ether oxygens (including phenoxy) is 2. The zero-order chi connectivity index (χ0) is 13.1. The molecule has 4 heteroatoms. The Hall–Kier alpha value is -0.740. The summed E-state index contributed by atoms with van der Waals surface area (Å²) >= 11 is 3.65. The highest BCUT2D eigenvalue weighted by Gasteiger charge is 2.27. The van der Waals surface area contributed by atoms with Crippen LogP contribution in [0.15, 0.2) is 10.5 Å². The molecule has 3 nitrogen and oxygen atoms in total.